The molecule has 0 aliphatic rings. The minimum atomic E-state index is 0.755. The lowest BCUT2D eigenvalue weighted by molar-refractivity contribution is 0.259. The average molecular weight is 361 g/mol. The van der Waals surface area contributed by atoms with Gasteiger partial charge in [0, 0.05) is 42.3 Å². The number of H-pyrrole nitrogens is 1. The van der Waals surface area contributed by atoms with E-state index >= 15 is 0 Å². The van der Waals surface area contributed by atoms with Crippen LogP contribution in [-0.4, -0.2) is 26.9 Å². The number of benzene rings is 2. The highest BCUT2D eigenvalue weighted by Gasteiger charge is 2.09. The van der Waals surface area contributed by atoms with Crippen molar-refractivity contribution in [3.8, 4) is 0 Å². The molecule has 3 rings (SSSR count). The molecular formula is C18H18Cl2N4. The van der Waals surface area contributed by atoms with Gasteiger partial charge in [-0.1, -0.05) is 52.7 Å². The zero-order chi connectivity index (χ0) is 16.8. The Morgan fingerprint density at radius 1 is 0.833 bits per heavy atom. The zero-order valence-corrected chi connectivity index (χ0v) is 14.6. The Hall–Kier alpha value is -1.88. The van der Waals surface area contributed by atoms with Gasteiger partial charge in [-0.05, 0) is 35.4 Å². The van der Waals surface area contributed by atoms with Gasteiger partial charge < -0.3 is 0 Å². The second kappa shape index (κ2) is 8.29. The van der Waals surface area contributed by atoms with Crippen LogP contribution in [0.4, 0.5) is 0 Å². The second-order valence-corrected chi connectivity index (χ2v) is 6.55. The standard InChI is InChI=1S/C18H18Cl2N4/c19-16-5-1-14(2-6-16)12-24(10-9-18-11-21-23-22-18)13-15-3-7-17(20)8-4-15/h1-8,11H,9-10,12-13H2,(H,21,22,23). The number of hydrogen-bond acceptors (Lipinski definition) is 3. The number of hydrogen-bond donors (Lipinski definition) is 1. The maximum Gasteiger partial charge on any atom is 0.0837 e. The highest BCUT2D eigenvalue weighted by Crippen LogP contribution is 2.16. The number of nitrogens with one attached hydrogen (secondary N) is 1. The molecule has 0 unspecified atom stereocenters. The SMILES string of the molecule is Clc1ccc(CN(CCc2c[nH]nn2)Cc2ccc(Cl)cc2)cc1. The van der Waals surface area contributed by atoms with Crippen LogP contribution in [0.2, 0.25) is 10.0 Å². The van der Waals surface area contributed by atoms with Crippen LogP contribution < -0.4 is 0 Å². The van der Waals surface area contributed by atoms with Crippen LogP contribution in [0.1, 0.15) is 16.8 Å². The van der Waals surface area contributed by atoms with Crippen LogP contribution in [0.3, 0.4) is 0 Å². The number of aromatic amines is 1. The third-order valence-corrected chi connectivity index (χ3v) is 4.29. The molecule has 1 aromatic heterocycles. The summed E-state index contributed by atoms with van der Waals surface area (Å²) in [7, 11) is 0. The average Bonchev–Trinajstić information content (AvgIpc) is 3.10. The van der Waals surface area contributed by atoms with Crippen molar-refractivity contribution in [2.24, 2.45) is 0 Å². The van der Waals surface area contributed by atoms with Crippen LogP contribution in [0.25, 0.3) is 0 Å². The molecule has 3 aromatic rings. The molecule has 2 aromatic carbocycles. The minimum Gasteiger partial charge on any atom is -0.294 e. The monoisotopic (exact) mass is 360 g/mol. The number of halogens is 2. The van der Waals surface area contributed by atoms with Crippen LogP contribution in [0, 0.1) is 0 Å². The van der Waals surface area contributed by atoms with E-state index in [9.17, 15) is 0 Å². The topological polar surface area (TPSA) is 44.8 Å². The third-order valence-electron chi connectivity index (χ3n) is 3.79. The van der Waals surface area contributed by atoms with E-state index < -0.39 is 0 Å². The summed E-state index contributed by atoms with van der Waals surface area (Å²) in [6.45, 7) is 2.58. The van der Waals surface area contributed by atoms with E-state index in [-0.39, 0.29) is 0 Å². The van der Waals surface area contributed by atoms with E-state index in [2.05, 4.69) is 44.6 Å². The van der Waals surface area contributed by atoms with E-state index in [1.54, 1.807) is 0 Å². The highest BCUT2D eigenvalue weighted by molar-refractivity contribution is 6.30. The Kier molecular flexibility index (Phi) is 5.86. The number of rotatable bonds is 7. The summed E-state index contributed by atoms with van der Waals surface area (Å²) in [6, 6.07) is 16.0. The van der Waals surface area contributed by atoms with Crippen LogP contribution in [0.5, 0.6) is 0 Å². The summed E-state index contributed by atoms with van der Waals surface area (Å²) in [6.07, 6.45) is 2.68. The summed E-state index contributed by atoms with van der Waals surface area (Å²) in [5.41, 5.74) is 3.43. The Labute approximate surface area is 151 Å². The molecule has 0 aliphatic heterocycles. The molecule has 1 N–H and O–H groups in total. The molecule has 24 heavy (non-hydrogen) atoms. The minimum absolute atomic E-state index is 0.755. The summed E-state index contributed by atoms with van der Waals surface area (Å²) >= 11 is 12.0. The summed E-state index contributed by atoms with van der Waals surface area (Å²) in [5.74, 6) is 0. The smallest absolute Gasteiger partial charge is 0.0837 e. The van der Waals surface area contributed by atoms with Gasteiger partial charge in [0.1, 0.15) is 0 Å². The Morgan fingerprint density at radius 3 is 1.83 bits per heavy atom. The van der Waals surface area contributed by atoms with E-state index in [0.717, 1.165) is 41.8 Å². The van der Waals surface area contributed by atoms with Crippen molar-refractivity contribution in [1.82, 2.24) is 20.3 Å². The first-order chi connectivity index (χ1) is 11.7. The summed E-state index contributed by atoms with van der Waals surface area (Å²) in [5, 5.41) is 12.1. The summed E-state index contributed by atoms with van der Waals surface area (Å²) < 4.78 is 0. The fourth-order valence-corrected chi connectivity index (χ4v) is 2.78. The first-order valence-corrected chi connectivity index (χ1v) is 8.51. The molecule has 0 bridgehead atoms. The van der Waals surface area contributed by atoms with Gasteiger partial charge in [-0.3, -0.25) is 10.00 Å². The molecular weight excluding hydrogens is 343 g/mol. The predicted molar refractivity (Wildman–Crippen MR) is 97.1 cm³/mol. The number of nitrogens with zero attached hydrogens (tertiary/aromatic N) is 3. The molecule has 0 spiro atoms. The lowest BCUT2D eigenvalue weighted by Crippen LogP contribution is -2.25. The van der Waals surface area contributed by atoms with Crippen molar-refractivity contribution in [2.45, 2.75) is 19.5 Å². The largest absolute Gasteiger partial charge is 0.294 e. The lowest BCUT2D eigenvalue weighted by Gasteiger charge is -2.22. The molecule has 0 radical (unpaired) electrons. The van der Waals surface area contributed by atoms with Crippen molar-refractivity contribution >= 4 is 23.2 Å². The van der Waals surface area contributed by atoms with E-state index in [1.165, 1.54) is 11.1 Å². The van der Waals surface area contributed by atoms with Crippen molar-refractivity contribution in [3.05, 3.63) is 81.6 Å². The Morgan fingerprint density at radius 2 is 1.38 bits per heavy atom. The third kappa shape index (κ3) is 5.06. The lowest BCUT2D eigenvalue weighted by atomic mass is 10.1. The highest BCUT2D eigenvalue weighted by atomic mass is 35.5. The van der Waals surface area contributed by atoms with E-state index in [0.29, 0.717) is 0 Å². The first-order valence-electron chi connectivity index (χ1n) is 7.75. The molecule has 0 saturated heterocycles. The fraction of sp³-hybridized carbons (Fsp3) is 0.222. The van der Waals surface area contributed by atoms with Crippen molar-refractivity contribution in [3.63, 3.8) is 0 Å². The van der Waals surface area contributed by atoms with Gasteiger partial charge >= 0.3 is 0 Å². The van der Waals surface area contributed by atoms with Gasteiger partial charge in [0.05, 0.1) is 5.69 Å². The summed E-state index contributed by atoms with van der Waals surface area (Å²) in [4.78, 5) is 2.38. The van der Waals surface area contributed by atoms with Gasteiger partial charge in [-0.15, -0.1) is 5.10 Å². The number of aromatic nitrogens is 3. The van der Waals surface area contributed by atoms with Crippen LogP contribution >= 0.6 is 23.2 Å². The molecule has 1 heterocycles. The Balaban J connectivity index is 1.69. The van der Waals surface area contributed by atoms with Crippen molar-refractivity contribution in [1.29, 1.82) is 0 Å². The van der Waals surface area contributed by atoms with Crippen LogP contribution in [-0.2, 0) is 19.5 Å². The van der Waals surface area contributed by atoms with Gasteiger partial charge in [-0.2, -0.15) is 0 Å². The van der Waals surface area contributed by atoms with E-state index in [1.807, 2.05) is 30.5 Å². The van der Waals surface area contributed by atoms with Gasteiger partial charge in [-0.25, -0.2) is 0 Å². The molecule has 6 heteroatoms. The zero-order valence-electron chi connectivity index (χ0n) is 13.1. The van der Waals surface area contributed by atoms with Gasteiger partial charge in [0.25, 0.3) is 0 Å². The molecule has 4 nitrogen and oxygen atoms in total. The molecule has 124 valence electrons. The van der Waals surface area contributed by atoms with Crippen molar-refractivity contribution in [2.75, 3.05) is 6.54 Å². The van der Waals surface area contributed by atoms with Gasteiger partial charge in [0.15, 0.2) is 0 Å². The van der Waals surface area contributed by atoms with Crippen molar-refractivity contribution < 1.29 is 0 Å². The first kappa shape index (κ1) is 17.0. The quantitative estimate of drug-likeness (QED) is 0.680. The second-order valence-electron chi connectivity index (χ2n) is 5.68. The van der Waals surface area contributed by atoms with Gasteiger partial charge in [0.2, 0.25) is 0 Å². The molecule has 0 saturated carbocycles. The maximum absolute atomic E-state index is 5.98. The normalized spacial score (nSPS) is 11.1. The van der Waals surface area contributed by atoms with Crippen LogP contribution in [0.15, 0.2) is 54.7 Å². The molecule has 0 aliphatic carbocycles. The molecule has 0 amide bonds. The van der Waals surface area contributed by atoms with E-state index in [4.69, 9.17) is 23.2 Å². The fourth-order valence-electron chi connectivity index (χ4n) is 2.53. The molecule has 0 atom stereocenters. The molecule has 0 fully saturated rings. The Bertz CT molecular complexity index is 692. The maximum atomic E-state index is 5.98. The predicted octanol–water partition coefficient (Wildman–Crippen LogP) is 4.36.